The third-order valence-corrected chi connectivity index (χ3v) is 12.4. The summed E-state index contributed by atoms with van der Waals surface area (Å²) in [4.78, 5) is 0. The second kappa shape index (κ2) is 12.3. The van der Waals surface area contributed by atoms with Gasteiger partial charge in [0, 0.05) is 0 Å². The molecule has 4 nitrogen and oxygen atoms in total. The van der Waals surface area contributed by atoms with Crippen molar-refractivity contribution in [2.24, 2.45) is 11.8 Å². The Bertz CT molecular complexity index is 1350. The lowest BCUT2D eigenvalue weighted by Crippen LogP contribution is -3.00. The van der Waals surface area contributed by atoms with Crippen LogP contribution in [0.15, 0.2) is 97.1 Å². The van der Waals surface area contributed by atoms with Gasteiger partial charge in [0.15, 0.2) is 0 Å². The van der Waals surface area contributed by atoms with Gasteiger partial charge in [-0.2, -0.15) is 0 Å². The number of hydrogen-bond donors (Lipinski definition) is 4. The Hall–Kier alpha value is -2.56. The van der Waals surface area contributed by atoms with Crippen molar-refractivity contribution < 1.29 is 12.4 Å². The summed E-state index contributed by atoms with van der Waals surface area (Å²) in [6, 6.07) is 36.9. The van der Waals surface area contributed by atoms with E-state index in [1.165, 1.54) is 44.5 Å². The van der Waals surface area contributed by atoms with E-state index in [4.69, 9.17) is 0 Å². The van der Waals surface area contributed by atoms with Crippen molar-refractivity contribution in [2.45, 2.75) is 78.6 Å². The van der Waals surface area contributed by atoms with E-state index < -0.39 is 18.9 Å². The predicted molar refractivity (Wildman–Crippen MR) is 183 cm³/mol. The van der Waals surface area contributed by atoms with E-state index in [9.17, 15) is 0 Å². The third kappa shape index (κ3) is 5.45. The molecular formula is C38H48ClN4P. The molecule has 1 spiro atoms. The van der Waals surface area contributed by atoms with E-state index in [2.05, 4.69) is 173 Å². The van der Waals surface area contributed by atoms with Crippen LogP contribution in [0, 0.1) is 39.5 Å². The van der Waals surface area contributed by atoms with Crippen LogP contribution in [-0.4, -0.2) is 12.1 Å². The van der Waals surface area contributed by atoms with Gasteiger partial charge < -0.3 is 12.4 Å². The molecule has 44 heavy (non-hydrogen) atoms. The van der Waals surface area contributed by atoms with E-state index in [-0.39, 0.29) is 24.5 Å². The maximum Gasteiger partial charge on any atom is 0.301 e. The highest BCUT2D eigenvalue weighted by Crippen LogP contribution is 2.65. The van der Waals surface area contributed by atoms with Crippen LogP contribution in [0.5, 0.6) is 0 Å². The Kier molecular flexibility index (Phi) is 9.19. The van der Waals surface area contributed by atoms with Crippen LogP contribution in [0.4, 0.5) is 0 Å². The topological polar surface area (TPSA) is 48.1 Å². The Balaban J connectivity index is 0.00000384. The summed E-state index contributed by atoms with van der Waals surface area (Å²) >= 11 is 0. The predicted octanol–water partition coefficient (Wildman–Crippen LogP) is 5.22. The average Bonchev–Trinajstić information content (AvgIpc) is 3.51. The van der Waals surface area contributed by atoms with Crippen molar-refractivity contribution in [3.05, 3.63) is 142 Å². The van der Waals surface area contributed by atoms with Crippen LogP contribution >= 0.6 is 7.87 Å². The lowest BCUT2D eigenvalue weighted by atomic mass is 9.74. The molecule has 0 saturated carbocycles. The fourth-order valence-electron chi connectivity index (χ4n) is 7.35. The Morgan fingerprint density at radius 1 is 0.455 bits per heavy atom. The van der Waals surface area contributed by atoms with Crippen molar-refractivity contribution in [3.8, 4) is 0 Å². The fourth-order valence-corrected chi connectivity index (χ4v) is 11.4. The molecule has 2 saturated heterocycles. The monoisotopic (exact) mass is 626 g/mol. The first-order valence-corrected chi connectivity index (χ1v) is 17.6. The molecule has 2 aliphatic rings. The van der Waals surface area contributed by atoms with E-state index in [1.807, 2.05) is 0 Å². The van der Waals surface area contributed by atoms with Gasteiger partial charge in [0.05, 0.1) is 12.1 Å². The number of halogens is 1. The highest BCUT2D eigenvalue weighted by atomic mass is 35.5. The summed E-state index contributed by atoms with van der Waals surface area (Å²) in [7, 11) is -2.37. The smallest absolute Gasteiger partial charge is 0.301 e. The van der Waals surface area contributed by atoms with Gasteiger partial charge in [-0.15, -0.1) is 20.3 Å². The first-order chi connectivity index (χ1) is 20.5. The van der Waals surface area contributed by atoms with Crippen molar-refractivity contribution >= 4 is 7.87 Å². The standard InChI is InChI=1S/C38H48N4P.ClH/c1-25(2)35-37(31-17-9-27(5)10-18-31,32-19-11-28(6)12-20-32)41-43(39-35)40-36(26(3)4)38(42-43,33-21-13-29(7)14-22-33)34-23-15-30(8)16-24-34;/h9-26,35-36,39-42H,1-8H3;1H/q+1;/p-1/t35-,36-,43?;/m0./s1. The molecule has 0 unspecified atom stereocenters. The lowest BCUT2D eigenvalue weighted by molar-refractivity contribution is -0.00000971. The van der Waals surface area contributed by atoms with Gasteiger partial charge in [-0.1, -0.05) is 147 Å². The first-order valence-electron chi connectivity index (χ1n) is 15.8. The number of nitrogens with one attached hydrogen (secondary N) is 4. The summed E-state index contributed by atoms with van der Waals surface area (Å²) in [5, 5.41) is 17.3. The van der Waals surface area contributed by atoms with Crippen LogP contribution in [0.1, 0.15) is 72.2 Å². The maximum absolute atomic E-state index is 4.36. The number of hydrogen-bond acceptors (Lipinski definition) is 4. The van der Waals surface area contributed by atoms with E-state index >= 15 is 0 Å². The Labute approximate surface area is 271 Å². The van der Waals surface area contributed by atoms with Gasteiger partial charge in [-0.3, -0.25) is 0 Å². The minimum absolute atomic E-state index is 0. The van der Waals surface area contributed by atoms with Crippen LogP contribution in [0.3, 0.4) is 0 Å². The molecule has 6 heteroatoms. The van der Waals surface area contributed by atoms with E-state index in [0.29, 0.717) is 11.8 Å². The van der Waals surface area contributed by atoms with Gasteiger partial charge in [0.1, 0.15) is 11.1 Å². The zero-order valence-corrected chi connectivity index (χ0v) is 29.0. The molecule has 0 aliphatic carbocycles. The summed E-state index contributed by atoms with van der Waals surface area (Å²) < 4.78 is 0. The molecule has 6 rings (SSSR count). The highest BCUT2D eigenvalue weighted by Gasteiger charge is 2.71. The van der Waals surface area contributed by atoms with Gasteiger partial charge >= 0.3 is 7.87 Å². The van der Waals surface area contributed by atoms with E-state index in [1.54, 1.807) is 0 Å². The van der Waals surface area contributed by atoms with E-state index in [0.717, 1.165) is 0 Å². The number of rotatable bonds is 6. The Morgan fingerprint density at radius 2 is 0.682 bits per heavy atom. The minimum atomic E-state index is -2.37. The molecule has 0 amide bonds. The summed E-state index contributed by atoms with van der Waals surface area (Å²) in [6.07, 6.45) is 0. The molecule has 2 aliphatic heterocycles. The molecule has 0 bridgehead atoms. The van der Waals surface area contributed by atoms with Crippen LogP contribution < -0.4 is 32.8 Å². The molecule has 2 atom stereocenters. The number of aryl methyl sites for hydroxylation is 4. The molecule has 2 heterocycles. The fraction of sp³-hybridized carbons (Fsp3) is 0.368. The van der Waals surface area contributed by atoms with Crippen molar-refractivity contribution in [2.75, 3.05) is 0 Å². The normalized spacial score (nSPS) is 21.6. The number of benzene rings is 4. The summed E-state index contributed by atoms with van der Waals surface area (Å²) in [5.74, 6) is 0.730. The summed E-state index contributed by atoms with van der Waals surface area (Å²) in [5.41, 5.74) is 9.39. The van der Waals surface area contributed by atoms with Crippen molar-refractivity contribution in [1.82, 2.24) is 20.3 Å². The summed E-state index contributed by atoms with van der Waals surface area (Å²) in [6.45, 7) is 18.1. The van der Waals surface area contributed by atoms with Gasteiger partial charge in [0.25, 0.3) is 0 Å². The molecule has 4 N–H and O–H groups in total. The van der Waals surface area contributed by atoms with Gasteiger partial charge in [0.2, 0.25) is 0 Å². The second-order valence-electron chi connectivity index (χ2n) is 13.7. The molecule has 4 aromatic rings. The zero-order valence-electron chi connectivity index (χ0n) is 27.4. The third-order valence-electron chi connectivity index (χ3n) is 9.65. The van der Waals surface area contributed by atoms with Crippen LogP contribution in [-0.2, 0) is 11.1 Å². The molecule has 0 radical (unpaired) electrons. The quantitative estimate of drug-likeness (QED) is 0.222. The zero-order chi connectivity index (χ0) is 30.6. The molecule has 0 aromatic heterocycles. The molecule has 4 aromatic carbocycles. The van der Waals surface area contributed by atoms with Gasteiger partial charge in [-0.05, 0) is 61.8 Å². The molecule has 232 valence electrons. The van der Waals surface area contributed by atoms with Crippen LogP contribution in [0.25, 0.3) is 0 Å². The average molecular weight is 627 g/mol. The molecule has 2 fully saturated rings. The van der Waals surface area contributed by atoms with Crippen molar-refractivity contribution in [3.63, 3.8) is 0 Å². The first kappa shape index (κ1) is 32.8. The van der Waals surface area contributed by atoms with Crippen LogP contribution in [0.2, 0.25) is 0 Å². The maximum atomic E-state index is 4.36. The molecular weight excluding hydrogens is 579 g/mol. The van der Waals surface area contributed by atoms with Gasteiger partial charge in [-0.25, -0.2) is 0 Å². The largest absolute Gasteiger partial charge is 1.00 e. The lowest BCUT2D eigenvalue weighted by Gasteiger charge is -2.36. The minimum Gasteiger partial charge on any atom is -1.00 e. The Morgan fingerprint density at radius 3 is 0.886 bits per heavy atom. The second-order valence-corrected chi connectivity index (χ2v) is 16.0. The highest BCUT2D eigenvalue weighted by molar-refractivity contribution is 7.69. The SMILES string of the molecule is Cc1ccc(C2(c3ccc(C)cc3)N[P+]3(N[C@H]2C(C)C)N[C@@H](C(C)C)C(c2ccc(C)cc2)(c2ccc(C)cc2)N3)cc1.[Cl-]. The van der Waals surface area contributed by atoms with Crippen molar-refractivity contribution in [1.29, 1.82) is 0 Å².